The number of rotatable bonds is 3. The van der Waals surface area contributed by atoms with Crippen LogP contribution in [0.2, 0.25) is 0 Å². The van der Waals surface area contributed by atoms with Crippen molar-refractivity contribution in [2.75, 3.05) is 0 Å². The van der Waals surface area contributed by atoms with Crippen molar-refractivity contribution < 1.29 is 4.79 Å². The van der Waals surface area contributed by atoms with Gasteiger partial charge in [-0.05, 0) is 22.0 Å². The molecule has 0 bridgehead atoms. The first-order valence-electron chi connectivity index (χ1n) is 5.95. The highest BCUT2D eigenvalue weighted by atomic mass is 79.9. The molecular formula is C14H15BrN2OS. The Labute approximate surface area is 125 Å². The molecule has 100 valence electrons. The third kappa shape index (κ3) is 3.70. The average molecular weight is 339 g/mol. The van der Waals surface area contributed by atoms with E-state index in [4.69, 9.17) is 0 Å². The van der Waals surface area contributed by atoms with Gasteiger partial charge in [0.15, 0.2) is 5.78 Å². The van der Waals surface area contributed by atoms with Crippen LogP contribution in [0.4, 0.5) is 0 Å². The second-order valence-electron chi connectivity index (χ2n) is 5.37. The third-order valence-corrected chi connectivity index (χ3v) is 3.94. The van der Waals surface area contributed by atoms with Crippen LogP contribution in [0.5, 0.6) is 0 Å². The molecule has 0 aliphatic carbocycles. The van der Waals surface area contributed by atoms with Crippen molar-refractivity contribution in [3.63, 3.8) is 0 Å². The van der Waals surface area contributed by atoms with Gasteiger partial charge in [0.1, 0.15) is 5.01 Å². The Morgan fingerprint density at radius 2 is 2.11 bits per heavy atom. The van der Waals surface area contributed by atoms with Gasteiger partial charge in [-0.15, -0.1) is 11.3 Å². The predicted octanol–water partition coefficient (Wildman–Crippen LogP) is 4.02. The zero-order valence-electron chi connectivity index (χ0n) is 11.1. The fourth-order valence-electron chi connectivity index (χ4n) is 1.54. The second kappa shape index (κ2) is 5.51. The molecule has 3 nitrogen and oxygen atoms in total. The molecular weight excluding hydrogens is 324 g/mol. The Hall–Kier alpha value is -1.07. The monoisotopic (exact) mass is 338 g/mol. The number of thiazole rings is 1. The molecule has 5 heteroatoms. The Bertz CT molecular complexity index is 601. The number of carbonyl (C=O) groups is 1. The minimum absolute atomic E-state index is 0.0229. The number of hydrogen-bond acceptors (Lipinski definition) is 4. The van der Waals surface area contributed by atoms with Crippen molar-refractivity contribution >= 4 is 33.0 Å². The van der Waals surface area contributed by atoms with E-state index in [9.17, 15) is 4.79 Å². The number of halogens is 1. The molecule has 0 radical (unpaired) electrons. The van der Waals surface area contributed by atoms with E-state index in [0.29, 0.717) is 12.0 Å². The quantitative estimate of drug-likeness (QED) is 0.793. The maximum absolute atomic E-state index is 12.1. The molecule has 0 N–H and O–H groups in total. The number of carbonyl (C=O) groups excluding carboxylic acids is 1. The van der Waals surface area contributed by atoms with E-state index >= 15 is 0 Å². The Balaban J connectivity index is 2.13. The molecule has 2 aromatic heterocycles. The zero-order valence-corrected chi connectivity index (χ0v) is 13.5. The molecule has 0 amide bonds. The first-order valence-corrected chi connectivity index (χ1v) is 7.62. The first-order chi connectivity index (χ1) is 8.86. The van der Waals surface area contributed by atoms with Crippen molar-refractivity contribution in [1.82, 2.24) is 9.97 Å². The Morgan fingerprint density at radius 3 is 2.68 bits per heavy atom. The average Bonchev–Trinajstić information content (AvgIpc) is 2.77. The molecule has 0 aliphatic rings. The summed E-state index contributed by atoms with van der Waals surface area (Å²) < 4.78 is 0.813. The molecule has 19 heavy (non-hydrogen) atoms. The topological polar surface area (TPSA) is 42.9 Å². The molecule has 0 saturated heterocycles. The van der Waals surface area contributed by atoms with Gasteiger partial charge in [-0.3, -0.25) is 9.78 Å². The zero-order chi connectivity index (χ0) is 14.0. The van der Waals surface area contributed by atoms with E-state index in [0.717, 1.165) is 15.2 Å². The number of ketones is 1. The summed E-state index contributed by atoms with van der Waals surface area (Å²) >= 11 is 4.86. The van der Waals surface area contributed by atoms with Gasteiger partial charge in [0.05, 0.1) is 12.1 Å². The molecule has 0 unspecified atom stereocenters. The minimum Gasteiger partial charge on any atom is -0.294 e. The molecule has 0 atom stereocenters. The number of aromatic nitrogens is 2. The first kappa shape index (κ1) is 14.3. The van der Waals surface area contributed by atoms with Gasteiger partial charge in [-0.2, -0.15) is 0 Å². The van der Waals surface area contributed by atoms with E-state index in [-0.39, 0.29) is 11.2 Å². The van der Waals surface area contributed by atoms with Gasteiger partial charge in [0.25, 0.3) is 0 Å². The molecule has 2 aromatic rings. The van der Waals surface area contributed by atoms with Crippen LogP contribution in [0.1, 0.15) is 41.8 Å². The number of nitrogens with zero attached hydrogens (tertiary/aromatic N) is 2. The van der Waals surface area contributed by atoms with Crippen LogP contribution in [0.3, 0.4) is 0 Å². The van der Waals surface area contributed by atoms with Crippen LogP contribution >= 0.6 is 27.3 Å². The lowest BCUT2D eigenvalue weighted by molar-refractivity contribution is 0.0992. The van der Waals surface area contributed by atoms with Crippen molar-refractivity contribution in [3.8, 4) is 0 Å². The van der Waals surface area contributed by atoms with Gasteiger partial charge in [-0.25, -0.2) is 4.98 Å². The van der Waals surface area contributed by atoms with E-state index in [1.807, 2.05) is 5.38 Å². The van der Waals surface area contributed by atoms with E-state index in [1.165, 1.54) is 11.3 Å². The van der Waals surface area contributed by atoms with Gasteiger partial charge in [-0.1, -0.05) is 20.8 Å². The van der Waals surface area contributed by atoms with Crippen molar-refractivity contribution in [2.45, 2.75) is 32.6 Å². The molecule has 0 aliphatic heterocycles. The summed E-state index contributed by atoms with van der Waals surface area (Å²) in [7, 11) is 0. The molecule has 0 spiro atoms. The Kier molecular flexibility index (Phi) is 4.16. The summed E-state index contributed by atoms with van der Waals surface area (Å²) in [6.45, 7) is 6.35. The fourth-order valence-corrected chi connectivity index (χ4v) is 2.92. The largest absolute Gasteiger partial charge is 0.294 e. The number of hydrogen-bond donors (Lipinski definition) is 0. The van der Waals surface area contributed by atoms with Gasteiger partial charge >= 0.3 is 0 Å². The lowest BCUT2D eigenvalue weighted by atomic mass is 9.93. The fraction of sp³-hybridized carbons (Fsp3) is 0.357. The van der Waals surface area contributed by atoms with Crippen LogP contribution in [-0.2, 0) is 11.8 Å². The number of pyridine rings is 1. The van der Waals surface area contributed by atoms with Crippen LogP contribution in [0, 0.1) is 0 Å². The second-order valence-corrected chi connectivity index (χ2v) is 7.23. The molecule has 0 saturated carbocycles. The summed E-state index contributed by atoms with van der Waals surface area (Å²) in [6.07, 6.45) is 3.59. The van der Waals surface area contributed by atoms with Crippen LogP contribution in [-0.4, -0.2) is 15.8 Å². The highest BCUT2D eigenvalue weighted by Gasteiger charge is 2.18. The summed E-state index contributed by atoms with van der Waals surface area (Å²) in [5, 5.41) is 2.89. The Morgan fingerprint density at radius 1 is 1.37 bits per heavy atom. The van der Waals surface area contributed by atoms with Crippen LogP contribution < -0.4 is 0 Å². The molecule has 2 heterocycles. The molecule has 0 aromatic carbocycles. The van der Waals surface area contributed by atoms with Crippen molar-refractivity contribution in [3.05, 3.63) is 44.6 Å². The van der Waals surface area contributed by atoms with Gasteiger partial charge in [0.2, 0.25) is 0 Å². The van der Waals surface area contributed by atoms with Crippen LogP contribution in [0.15, 0.2) is 28.3 Å². The molecule has 0 fully saturated rings. The van der Waals surface area contributed by atoms with E-state index in [1.54, 1.807) is 18.5 Å². The van der Waals surface area contributed by atoms with Crippen molar-refractivity contribution in [2.24, 2.45) is 0 Å². The highest BCUT2D eigenvalue weighted by Crippen LogP contribution is 2.24. The maximum atomic E-state index is 12.1. The smallest absolute Gasteiger partial charge is 0.171 e. The normalized spacial score (nSPS) is 11.6. The highest BCUT2D eigenvalue weighted by molar-refractivity contribution is 9.10. The lowest BCUT2D eigenvalue weighted by Gasteiger charge is -2.14. The lowest BCUT2D eigenvalue weighted by Crippen LogP contribution is -2.12. The van der Waals surface area contributed by atoms with Crippen molar-refractivity contribution in [1.29, 1.82) is 0 Å². The van der Waals surface area contributed by atoms with Gasteiger partial charge < -0.3 is 0 Å². The third-order valence-electron chi connectivity index (χ3n) is 2.66. The summed E-state index contributed by atoms with van der Waals surface area (Å²) in [5.74, 6) is 0.0450. The van der Waals surface area contributed by atoms with E-state index < -0.39 is 0 Å². The predicted molar refractivity (Wildman–Crippen MR) is 80.8 cm³/mol. The summed E-state index contributed by atoms with van der Waals surface area (Å²) in [6, 6.07) is 1.79. The van der Waals surface area contributed by atoms with Crippen LogP contribution in [0.25, 0.3) is 0 Å². The van der Waals surface area contributed by atoms with E-state index in [2.05, 4.69) is 46.7 Å². The summed E-state index contributed by atoms with van der Waals surface area (Å²) in [5.41, 5.74) is 1.67. The maximum Gasteiger partial charge on any atom is 0.171 e. The minimum atomic E-state index is 0.0229. The SMILES string of the molecule is CC(C)(C)c1csc(CC(=O)c2cncc(Br)c2)n1. The summed E-state index contributed by atoms with van der Waals surface area (Å²) in [4.78, 5) is 20.7. The van der Waals surface area contributed by atoms with Gasteiger partial charge in [0, 0.05) is 33.2 Å². The molecule has 2 rings (SSSR count). The standard InChI is InChI=1S/C14H15BrN2OS/c1-14(2,3)12-8-19-13(17-12)5-11(18)9-4-10(15)7-16-6-9/h4,6-8H,5H2,1-3H3. The number of Topliss-reactive ketones (excluding diaryl/α,β-unsaturated/α-hetero) is 1.